The zero-order valence-electron chi connectivity index (χ0n) is 8.16. The first kappa shape index (κ1) is 13.4. The molecule has 0 aliphatic rings. The second kappa shape index (κ2) is 6.80. The quantitative estimate of drug-likeness (QED) is 0.498. The Kier molecular flexibility index (Phi) is 7.00. The first-order valence-electron chi connectivity index (χ1n) is 4.12. The Hall–Kier alpha value is 0.400. The molecule has 0 fully saturated rings. The average Bonchev–Trinajstić information content (AvgIpc) is 2.07. The monoisotopic (exact) mass is 230 g/mol. The number of hydrogen-bond acceptors (Lipinski definition) is 4. The third-order valence-corrected chi connectivity index (χ3v) is 4.21. The van der Waals surface area contributed by atoms with Gasteiger partial charge < -0.3 is 13.8 Å². The van der Waals surface area contributed by atoms with Gasteiger partial charge in [0, 0.05) is 7.11 Å². The SMILES string of the molecule is CCOP(=O)(OCC)C(CCl)OC. The van der Waals surface area contributed by atoms with Crippen LogP contribution in [-0.4, -0.2) is 32.0 Å². The Bertz CT molecular complexity index is 162. The fraction of sp³-hybridized carbons (Fsp3) is 1.00. The lowest BCUT2D eigenvalue weighted by Crippen LogP contribution is -2.17. The molecule has 4 nitrogen and oxygen atoms in total. The van der Waals surface area contributed by atoms with Gasteiger partial charge in [0.15, 0.2) is 5.85 Å². The van der Waals surface area contributed by atoms with Gasteiger partial charge in [-0.15, -0.1) is 11.6 Å². The second-order valence-corrected chi connectivity index (χ2v) is 4.70. The Labute approximate surface area is 84.0 Å². The number of hydrogen-bond donors (Lipinski definition) is 0. The number of rotatable bonds is 7. The van der Waals surface area contributed by atoms with E-state index in [1.165, 1.54) is 7.11 Å². The number of alkyl halides is 1. The van der Waals surface area contributed by atoms with Gasteiger partial charge in [0.2, 0.25) is 0 Å². The zero-order chi connectivity index (χ0) is 10.3. The molecule has 0 bridgehead atoms. The van der Waals surface area contributed by atoms with Crippen LogP contribution in [0.2, 0.25) is 0 Å². The van der Waals surface area contributed by atoms with Crippen molar-refractivity contribution in [2.75, 3.05) is 26.2 Å². The lowest BCUT2D eigenvalue weighted by atomic mass is 10.8. The molecule has 0 aromatic rings. The van der Waals surface area contributed by atoms with Crippen molar-refractivity contribution < 1.29 is 18.3 Å². The predicted octanol–water partition coefficient (Wildman–Crippen LogP) is 2.46. The van der Waals surface area contributed by atoms with E-state index in [0.29, 0.717) is 13.2 Å². The molecule has 0 rings (SSSR count). The molecule has 0 saturated carbocycles. The van der Waals surface area contributed by atoms with Gasteiger partial charge in [0.05, 0.1) is 19.1 Å². The third kappa shape index (κ3) is 3.96. The molecule has 0 aromatic heterocycles. The van der Waals surface area contributed by atoms with Crippen molar-refractivity contribution in [2.24, 2.45) is 0 Å². The van der Waals surface area contributed by atoms with Crippen molar-refractivity contribution in [3.8, 4) is 0 Å². The van der Waals surface area contributed by atoms with Crippen LogP contribution in [0.1, 0.15) is 13.8 Å². The highest BCUT2D eigenvalue weighted by molar-refractivity contribution is 7.54. The topological polar surface area (TPSA) is 44.8 Å². The van der Waals surface area contributed by atoms with Crippen LogP contribution in [0.3, 0.4) is 0 Å². The van der Waals surface area contributed by atoms with Crippen LogP contribution in [0.15, 0.2) is 0 Å². The van der Waals surface area contributed by atoms with Gasteiger partial charge in [-0.3, -0.25) is 4.57 Å². The summed E-state index contributed by atoms with van der Waals surface area (Å²) in [4.78, 5) is 0. The molecule has 0 aliphatic heterocycles. The summed E-state index contributed by atoms with van der Waals surface area (Å²) >= 11 is 5.57. The fourth-order valence-corrected chi connectivity index (χ4v) is 3.03. The summed E-state index contributed by atoms with van der Waals surface area (Å²) in [5.41, 5.74) is 0. The molecule has 13 heavy (non-hydrogen) atoms. The van der Waals surface area contributed by atoms with Gasteiger partial charge in [0.25, 0.3) is 0 Å². The largest absolute Gasteiger partial charge is 0.368 e. The van der Waals surface area contributed by atoms with Gasteiger partial charge in [0.1, 0.15) is 0 Å². The molecule has 0 aliphatic carbocycles. The minimum atomic E-state index is -3.18. The summed E-state index contributed by atoms with van der Waals surface area (Å²) in [5.74, 6) is -0.595. The molecule has 0 heterocycles. The maximum absolute atomic E-state index is 11.9. The molecule has 0 amide bonds. The third-order valence-electron chi connectivity index (χ3n) is 1.37. The van der Waals surface area contributed by atoms with Crippen LogP contribution in [0, 0.1) is 0 Å². The molecule has 1 unspecified atom stereocenters. The molecule has 0 N–H and O–H groups in total. The fourth-order valence-electron chi connectivity index (χ4n) is 0.840. The van der Waals surface area contributed by atoms with Crippen LogP contribution < -0.4 is 0 Å². The molecule has 0 spiro atoms. The Morgan fingerprint density at radius 3 is 2.00 bits per heavy atom. The first-order valence-corrected chi connectivity index (χ1v) is 6.26. The van der Waals surface area contributed by atoms with Crippen LogP contribution in [0.5, 0.6) is 0 Å². The number of ether oxygens (including phenoxy) is 1. The van der Waals surface area contributed by atoms with E-state index in [0.717, 1.165) is 0 Å². The minimum Gasteiger partial charge on any atom is -0.368 e. The van der Waals surface area contributed by atoms with E-state index in [1.807, 2.05) is 0 Å². The molecule has 0 saturated heterocycles. The first-order chi connectivity index (χ1) is 6.14. The molecule has 1 atom stereocenters. The van der Waals surface area contributed by atoms with Crippen molar-refractivity contribution in [1.29, 1.82) is 0 Å². The maximum atomic E-state index is 11.9. The molecular weight excluding hydrogens is 214 g/mol. The molecule has 6 heteroatoms. The van der Waals surface area contributed by atoms with Crippen molar-refractivity contribution in [3.63, 3.8) is 0 Å². The van der Waals surface area contributed by atoms with Crippen molar-refractivity contribution >= 4 is 19.2 Å². The molecule has 80 valence electrons. The van der Waals surface area contributed by atoms with E-state index in [9.17, 15) is 4.57 Å². The summed E-state index contributed by atoms with van der Waals surface area (Å²) in [5, 5.41) is 0. The predicted molar refractivity (Wildman–Crippen MR) is 52.4 cm³/mol. The maximum Gasteiger partial charge on any atom is 0.360 e. The Morgan fingerprint density at radius 2 is 1.77 bits per heavy atom. The highest BCUT2D eigenvalue weighted by atomic mass is 35.5. The van der Waals surface area contributed by atoms with Crippen molar-refractivity contribution in [3.05, 3.63) is 0 Å². The van der Waals surface area contributed by atoms with Crippen LogP contribution in [0.4, 0.5) is 0 Å². The lowest BCUT2D eigenvalue weighted by Gasteiger charge is -2.23. The van der Waals surface area contributed by atoms with Crippen LogP contribution in [-0.2, 0) is 18.3 Å². The van der Waals surface area contributed by atoms with E-state index in [2.05, 4.69) is 0 Å². The normalized spacial score (nSPS) is 14.5. The summed E-state index contributed by atoms with van der Waals surface area (Å²) in [6.07, 6.45) is 0. The number of halogens is 1. The van der Waals surface area contributed by atoms with E-state index in [4.69, 9.17) is 25.4 Å². The van der Waals surface area contributed by atoms with Gasteiger partial charge >= 0.3 is 7.60 Å². The summed E-state index contributed by atoms with van der Waals surface area (Å²) in [7, 11) is -1.76. The molecular formula is C7H16ClO4P. The van der Waals surface area contributed by atoms with Crippen LogP contribution in [0.25, 0.3) is 0 Å². The van der Waals surface area contributed by atoms with Gasteiger partial charge in [-0.2, -0.15) is 0 Å². The smallest absolute Gasteiger partial charge is 0.360 e. The van der Waals surface area contributed by atoms with Gasteiger partial charge in [-0.25, -0.2) is 0 Å². The highest BCUT2D eigenvalue weighted by Crippen LogP contribution is 2.53. The molecule has 0 radical (unpaired) electrons. The minimum absolute atomic E-state index is 0.0910. The van der Waals surface area contributed by atoms with E-state index >= 15 is 0 Å². The van der Waals surface area contributed by atoms with Crippen molar-refractivity contribution in [1.82, 2.24) is 0 Å². The summed E-state index contributed by atoms with van der Waals surface area (Å²) < 4.78 is 26.9. The second-order valence-electron chi connectivity index (χ2n) is 2.22. The van der Waals surface area contributed by atoms with E-state index in [-0.39, 0.29) is 5.88 Å². The summed E-state index contributed by atoms with van der Waals surface area (Å²) in [6, 6.07) is 0. The Morgan fingerprint density at radius 1 is 1.31 bits per heavy atom. The lowest BCUT2D eigenvalue weighted by molar-refractivity contribution is 0.121. The summed E-state index contributed by atoms with van der Waals surface area (Å²) in [6.45, 7) is 4.11. The van der Waals surface area contributed by atoms with Gasteiger partial charge in [-0.05, 0) is 13.8 Å². The standard InChI is InChI=1S/C7H16ClO4P/c1-4-11-13(9,12-5-2)7(6-8)10-3/h7H,4-6H2,1-3H3. The highest BCUT2D eigenvalue weighted by Gasteiger charge is 2.34. The van der Waals surface area contributed by atoms with E-state index in [1.54, 1.807) is 13.8 Å². The Balaban J connectivity index is 4.44. The van der Waals surface area contributed by atoms with E-state index < -0.39 is 13.4 Å². The zero-order valence-corrected chi connectivity index (χ0v) is 9.81. The van der Waals surface area contributed by atoms with Crippen LogP contribution >= 0.6 is 19.2 Å². The number of methoxy groups -OCH3 is 1. The molecule has 0 aromatic carbocycles. The van der Waals surface area contributed by atoms with Crippen molar-refractivity contribution in [2.45, 2.75) is 19.7 Å². The van der Waals surface area contributed by atoms with Gasteiger partial charge in [-0.1, -0.05) is 0 Å². The average molecular weight is 231 g/mol.